The van der Waals surface area contributed by atoms with Crippen molar-refractivity contribution in [3.63, 3.8) is 0 Å². The van der Waals surface area contributed by atoms with Crippen molar-refractivity contribution >= 4 is 52.0 Å². The number of hydrazine groups is 1. The molecule has 1 aliphatic carbocycles. The van der Waals surface area contributed by atoms with Gasteiger partial charge in [-0.2, -0.15) is 0 Å². The van der Waals surface area contributed by atoms with Gasteiger partial charge in [-0.3, -0.25) is 34.1 Å². The number of aromatic nitrogens is 2. The number of methoxy groups -OCH3 is 1. The molecule has 79 heavy (non-hydrogen) atoms. The van der Waals surface area contributed by atoms with Crippen LogP contribution in [-0.4, -0.2) is 199 Å². The van der Waals surface area contributed by atoms with Crippen molar-refractivity contribution in [2.75, 3.05) is 109 Å². The average molecular weight is 1090 g/mol. The second kappa shape index (κ2) is 23.4. The largest absolute Gasteiger partial charge is 0.464 e. The monoisotopic (exact) mass is 1090 g/mol. The SMILES string of the molecule is C=CC(=O)N1COC2(CCN(C(=O)N(C)[C@H](C(=O)N[C@H]3C[C@H]4CN(CCO4)c4ccc5c(c4)c(c(-c4cc(N6CCN(C7CC7)CC6)cnc4[C@H](C)OC)n5CC)CC(C)(C)COC(=O)[C@@H]4CCCN(N4)C3=O)C(C)C)CC2)C1. The van der Waals surface area contributed by atoms with Gasteiger partial charge in [-0.25, -0.2) is 10.2 Å². The van der Waals surface area contributed by atoms with Crippen LogP contribution < -0.4 is 20.5 Å². The first-order valence-electron chi connectivity index (χ1n) is 29.1. The molecule has 20 heteroatoms. The van der Waals surface area contributed by atoms with E-state index in [0.717, 1.165) is 77.0 Å². The van der Waals surface area contributed by atoms with Crippen molar-refractivity contribution in [3.05, 3.63) is 54.4 Å². The molecule has 5 amide bonds. The van der Waals surface area contributed by atoms with Crippen molar-refractivity contribution in [3.8, 4) is 11.3 Å². The van der Waals surface area contributed by atoms with Crippen LogP contribution in [0, 0.1) is 11.3 Å². The molecule has 3 aromatic rings. The van der Waals surface area contributed by atoms with Crippen LogP contribution in [-0.2, 0) is 51.1 Å². The van der Waals surface area contributed by atoms with E-state index in [1.807, 2.05) is 20.0 Å². The number of hydrogen-bond acceptors (Lipinski definition) is 14. The summed E-state index contributed by atoms with van der Waals surface area (Å²) in [6.07, 6.45) is 7.96. The molecule has 20 nitrogen and oxygen atoms in total. The van der Waals surface area contributed by atoms with Crippen molar-refractivity contribution in [2.24, 2.45) is 11.3 Å². The number of likely N-dealkylation sites (N-methyl/N-ethyl adjacent to an activating group) is 1. The van der Waals surface area contributed by atoms with Gasteiger partial charge >= 0.3 is 12.0 Å². The Kier molecular flexibility index (Phi) is 16.7. The van der Waals surface area contributed by atoms with Crippen molar-refractivity contribution in [2.45, 2.75) is 141 Å². The Morgan fingerprint density at radius 3 is 2.43 bits per heavy atom. The maximum atomic E-state index is 14.9. The molecule has 5 atom stereocenters. The number of aryl methyl sites for hydroxylation is 1. The van der Waals surface area contributed by atoms with Gasteiger partial charge in [0.2, 0.25) is 11.8 Å². The zero-order valence-corrected chi connectivity index (χ0v) is 48.0. The van der Waals surface area contributed by atoms with Crippen LogP contribution in [0.25, 0.3) is 22.2 Å². The second-order valence-electron chi connectivity index (χ2n) is 24.3. The Bertz CT molecular complexity index is 2760. The summed E-state index contributed by atoms with van der Waals surface area (Å²) in [6.45, 7) is 23.9. The molecule has 0 radical (unpaired) electrons. The molecule has 7 aliphatic rings. The molecule has 10 rings (SSSR count). The zero-order chi connectivity index (χ0) is 55.9. The molecular weight excluding hydrogens is 1010 g/mol. The fraction of sp³-hybridized carbons (Fsp3) is 0.661. The number of fused-ring (bicyclic) bond motifs is 6. The summed E-state index contributed by atoms with van der Waals surface area (Å²) in [4.78, 5) is 88.0. The number of piperidine rings is 1. The van der Waals surface area contributed by atoms with E-state index in [-0.39, 0.29) is 43.7 Å². The van der Waals surface area contributed by atoms with Gasteiger partial charge in [-0.15, -0.1) is 0 Å². The fourth-order valence-electron chi connectivity index (χ4n) is 13.1. The highest BCUT2D eigenvalue weighted by Crippen LogP contribution is 2.44. The van der Waals surface area contributed by atoms with Crippen LogP contribution in [0.5, 0.6) is 0 Å². The van der Waals surface area contributed by atoms with Gasteiger partial charge in [0.25, 0.3) is 5.91 Å². The normalized spacial score (nSPS) is 24.8. The van der Waals surface area contributed by atoms with Gasteiger partial charge in [0.15, 0.2) is 0 Å². The number of carbonyl (C=O) groups is 5. The topological polar surface area (TPSA) is 187 Å². The van der Waals surface area contributed by atoms with E-state index < -0.39 is 53.0 Å². The number of nitrogens with zero attached hydrogens (tertiary/aromatic N) is 9. The minimum Gasteiger partial charge on any atom is -0.464 e. The number of amides is 5. The first-order chi connectivity index (χ1) is 37.9. The van der Waals surface area contributed by atoms with Crippen molar-refractivity contribution in [1.82, 2.24) is 44.9 Å². The summed E-state index contributed by atoms with van der Waals surface area (Å²) >= 11 is 0. The molecular formula is C59H85N11O9. The van der Waals surface area contributed by atoms with Crippen molar-refractivity contribution < 1.29 is 42.9 Å². The zero-order valence-electron chi connectivity index (χ0n) is 48.0. The van der Waals surface area contributed by atoms with E-state index in [1.165, 1.54) is 28.8 Å². The maximum absolute atomic E-state index is 14.9. The lowest BCUT2D eigenvalue weighted by molar-refractivity contribution is -0.156. The number of carbonyl (C=O) groups excluding carboxylic acids is 5. The summed E-state index contributed by atoms with van der Waals surface area (Å²) in [7, 11) is 3.37. The fourth-order valence-corrected chi connectivity index (χ4v) is 13.1. The highest BCUT2D eigenvalue weighted by Gasteiger charge is 2.46. The number of rotatable bonds is 11. The highest BCUT2D eigenvalue weighted by molar-refractivity contribution is 5.96. The minimum absolute atomic E-state index is 0.134. The van der Waals surface area contributed by atoms with Gasteiger partial charge in [-0.05, 0) is 101 Å². The molecule has 2 aromatic heterocycles. The summed E-state index contributed by atoms with van der Waals surface area (Å²) < 4.78 is 27.3. The Hall–Kier alpha value is -5.80. The summed E-state index contributed by atoms with van der Waals surface area (Å²) in [5, 5.41) is 5.67. The number of pyridine rings is 1. The smallest absolute Gasteiger partial charge is 0.324 e. The van der Waals surface area contributed by atoms with Gasteiger partial charge in [0.05, 0.1) is 60.8 Å². The van der Waals surface area contributed by atoms with Crippen LogP contribution in [0.4, 0.5) is 16.2 Å². The van der Waals surface area contributed by atoms with E-state index in [4.69, 9.17) is 23.9 Å². The van der Waals surface area contributed by atoms with Crippen LogP contribution in [0.1, 0.15) is 104 Å². The quantitative estimate of drug-likeness (QED) is 0.185. The minimum atomic E-state index is -1.07. The molecule has 0 unspecified atom stereocenters. The highest BCUT2D eigenvalue weighted by atomic mass is 16.5. The van der Waals surface area contributed by atoms with E-state index in [9.17, 15) is 24.0 Å². The standard InChI is InChI=1S/C59H85N11O9/c1-10-50(71)68-35-59(79-37-68)18-21-66(22-19-59)57(75)63(8)52(38(3)4)54(72)61-48-31-43-34-67(27-28-77-43)41-16-17-49-44(29-41)46(32-58(6,7)36-78-56(74)47-13-12-20-70(62-47)55(48)73)53(69(49)11-2)45-30-42(33-60-51(45)39(5)76-9)65-25-23-64(24-26-65)40-14-15-40/h10,16-17,29-30,33,38-40,43,47-48,52,62H,1,11-15,18-28,31-32,34-37H2,2-9H3,(H,61,72)/t39-,43-,47-,48-,52-/m0/s1. The predicted octanol–water partition coefficient (Wildman–Crippen LogP) is 5.33. The lowest BCUT2D eigenvalue weighted by Gasteiger charge is -2.41. The van der Waals surface area contributed by atoms with Crippen molar-refractivity contribution in [1.29, 1.82) is 0 Å². The average Bonchev–Trinajstić information content (AvgIpc) is 4.37. The van der Waals surface area contributed by atoms with E-state index >= 15 is 0 Å². The van der Waals surface area contributed by atoms with Gasteiger partial charge < -0.3 is 53.3 Å². The Morgan fingerprint density at radius 1 is 0.975 bits per heavy atom. The molecule has 430 valence electrons. The summed E-state index contributed by atoms with van der Waals surface area (Å²) in [5.41, 5.74) is 9.46. The molecule has 1 saturated carbocycles. The number of cyclic esters (lactones) is 1. The first kappa shape index (κ1) is 56.5. The Morgan fingerprint density at radius 2 is 1.73 bits per heavy atom. The summed E-state index contributed by atoms with van der Waals surface area (Å²) in [6, 6.07) is 6.64. The lowest BCUT2D eigenvalue weighted by Crippen LogP contribution is -2.63. The van der Waals surface area contributed by atoms with Crippen LogP contribution >= 0.6 is 0 Å². The molecule has 5 saturated heterocycles. The molecule has 6 bridgehead atoms. The number of urea groups is 1. The first-order valence-corrected chi connectivity index (χ1v) is 29.1. The number of benzene rings is 1. The predicted molar refractivity (Wildman–Crippen MR) is 301 cm³/mol. The molecule has 1 aromatic carbocycles. The number of morpholine rings is 1. The number of esters is 1. The van der Waals surface area contributed by atoms with E-state index in [2.05, 4.69) is 88.5 Å². The third kappa shape index (κ3) is 11.9. The number of nitrogens with one attached hydrogen (secondary N) is 2. The van der Waals surface area contributed by atoms with E-state index in [0.29, 0.717) is 84.5 Å². The number of ether oxygens (including phenoxy) is 4. The van der Waals surface area contributed by atoms with Crippen LogP contribution in [0.3, 0.4) is 0 Å². The Labute approximate surface area is 466 Å². The third-order valence-corrected chi connectivity index (χ3v) is 17.8. The van der Waals surface area contributed by atoms with Gasteiger partial charge in [-0.1, -0.05) is 34.3 Å². The third-order valence-electron chi connectivity index (χ3n) is 17.8. The molecule has 6 aliphatic heterocycles. The molecule has 2 N–H and O–H groups in total. The molecule has 6 fully saturated rings. The van der Waals surface area contributed by atoms with Crippen LogP contribution in [0.15, 0.2) is 43.1 Å². The van der Waals surface area contributed by atoms with Gasteiger partial charge in [0, 0.05) is 120 Å². The Balaban J connectivity index is 0.953. The van der Waals surface area contributed by atoms with Crippen LogP contribution in [0.2, 0.25) is 0 Å². The number of anilines is 2. The number of likely N-dealkylation sites (tertiary alicyclic amines) is 1. The number of piperazine rings is 1. The summed E-state index contributed by atoms with van der Waals surface area (Å²) in [5.74, 6) is -1.81. The maximum Gasteiger partial charge on any atom is 0.324 e. The van der Waals surface area contributed by atoms with E-state index in [1.54, 1.807) is 24.0 Å². The molecule has 8 heterocycles. The van der Waals surface area contributed by atoms with Gasteiger partial charge in [0.1, 0.15) is 24.9 Å². The lowest BCUT2D eigenvalue weighted by atomic mass is 9.84. The second-order valence-corrected chi connectivity index (χ2v) is 24.3. The number of hydrogen-bond donors (Lipinski definition) is 2. The molecule has 1 spiro atoms.